The van der Waals surface area contributed by atoms with Crippen molar-refractivity contribution in [3.05, 3.63) is 35.9 Å². The van der Waals surface area contributed by atoms with Crippen LogP contribution in [0.1, 0.15) is 31.1 Å². The maximum atomic E-state index is 12.8. The van der Waals surface area contributed by atoms with Gasteiger partial charge in [-0.2, -0.15) is 0 Å². The van der Waals surface area contributed by atoms with Crippen LogP contribution in [0.2, 0.25) is 0 Å². The average Bonchev–Trinajstić information content (AvgIpc) is 3.05. The van der Waals surface area contributed by atoms with Gasteiger partial charge in [-0.25, -0.2) is 9.59 Å². The maximum Gasteiger partial charge on any atom is 0.410 e. The molecule has 166 valence electrons. The Balaban J connectivity index is 1.69. The van der Waals surface area contributed by atoms with Crippen LogP contribution >= 0.6 is 11.3 Å². The predicted octanol–water partition coefficient (Wildman–Crippen LogP) is 3.26. The molecule has 4 amide bonds. The third kappa shape index (κ3) is 5.66. The van der Waals surface area contributed by atoms with E-state index in [9.17, 15) is 14.4 Å². The molecule has 0 aliphatic carbocycles. The topological polar surface area (TPSA) is 123 Å². The Morgan fingerprint density at radius 3 is 2.35 bits per heavy atom. The van der Waals surface area contributed by atoms with Gasteiger partial charge < -0.3 is 25.4 Å². The van der Waals surface area contributed by atoms with Crippen LogP contribution in [0, 0.1) is 0 Å². The fraction of sp³-hybridized carbons (Fsp3) is 0.381. The first-order valence-electron chi connectivity index (χ1n) is 9.69. The number of carbonyl (C=O) groups is 3. The number of likely N-dealkylation sites (tertiary alicyclic amines) is 1. The largest absolute Gasteiger partial charge is 0.497 e. The molecule has 4 N–H and O–H groups in total. The molecule has 0 saturated carbocycles. The van der Waals surface area contributed by atoms with Crippen molar-refractivity contribution >= 4 is 34.4 Å². The number of primary amides is 1. The summed E-state index contributed by atoms with van der Waals surface area (Å²) in [5.41, 5.74) is 5.88. The van der Waals surface area contributed by atoms with Crippen LogP contribution in [0.5, 0.6) is 5.75 Å². The minimum Gasteiger partial charge on any atom is -0.497 e. The van der Waals surface area contributed by atoms with Gasteiger partial charge in [-0.15, -0.1) is 11.3 Å². The van der Waals surface area contributed by atoms with Crippen molar-refractivity contribution in [2.45, 2.75) is 32.4 Å². The number of ether oxygens (including phenoxy) is 2. The number of carbonyl (C=O) groups excluding carboxylic acids is 3. The quantitative estimate of drug-likeness (QED) is 0.650. The monoisotopic (exact) mass is 446 g/mol. The van der Waals surface area contributed by atoms with Crippen LogP contribution in [-0.4, -0.2) is 54.8 Å². The van der Waals surface area contributed by atoms with Crippen LogP contribution < -0.4 is 21.1 Å². The van der Waals surface area contributed by atoms with E-state index in [-0.39, 0.29) is 11.9 Å². The van der Waals surface area contributed by atoms with Crippen LogP contribution in [0.15, 0.2) is 30.3 Å². The Labute approximate surface area is 184 Å². The molecule has 1 aromatic carbocycles. The minimum absolute atomic E-state index is 0.203. The van der Waals surface area contributed by atoms with Gasteiger partial charge in [-0.1, -0.05) is 0 Å². The Morgan fingerprint density at radius 2 is 1.81 bits per heavy atom. The molecule has 0 atom stereocenters. The molecule has 3 rings (SSSR count). The van der Waals surface area contributed by atoms with Crippen molar-refractivity contribution < 1.29 is 23.9 Å². The number of nitrogens with zero attached hydrogens (tertiary/aromatic N) is 1. The summed E-state index contributed by atoms with van der Waals surface area (Å²) in [5.74, 6) is 0.363. The van der Waals surface area contributed by atoms with Gasteiger partial charge in [0.15, 0.2) is 0 Å². The Bertz CT molecular complexity index is 975. The number of benzene rings is 1. The van der Waals surface area contributed by atoms with Crippen molar-refractivity contribution in [1.82, 2.24) is 10.2 Å². The van der Waals surface area contributed by atoms with Gasteiger partial charge in [0.2, 0.25) is 0 Å². The van der Waals surface area contributed by atoms with E-state index in [1.54, 1.807) is 33.9 Å². The van der Waals surface area contributed by atoms with Gasteiger partial charge >= 0.3 is 12.1 Å². The molecule has 1 aliphatic heterocycles. The summed E-state index contributed by atoms with van der Waals surface area (Å²) in [5, 5.41) is 5.76. The lowest BCUT2D eigenvalue weighted by Gasteiger charge is -2.39. The number of nitrogens with one attached hydrogen (secondary N) is 2. The summed E-state index contributed by atoms with van der Waals surface area (Å²) in [6.45, 7) is 6.11. The molecule has 0 radical (unpaired) electrons. The fourth-order valence-corrected chi connectivity index (χ4v) is 4.03. The molecule has 0 spiro atoms. The summed E-state index contributed by atoms with van der Waals surface area (Å²) < 4.78 is 10.5. The van der Waals surface area contributed by atoms with Crippen LogP contribution in [-0.2, 0) is 4.74 Å². The number of hydrogen-bond donors (Lipinski definition) is 3. The van der Waals surface area contributed by atoms with E-state index in [0.29, 0.717) is 29.4 Å². The van der Waals surface area contributed by atoms with Crippen molar-refractivity contribution in [3.8, 4) is 16.2 Å². The summed E-state index contributed by atoms with van der Waals surface area (Å²) in [6, 6.07) is 8.11. The fourth-order valence-electron chi connectivity index (χ4n) is 2.97. The first-order valence-corrected chi connectivity index (χ1v) is 10.5. The number of anilines is 1. The molecule has 0 bridgehead atoms. The number of amides is 4. The second kappa shape index (κ2) is 8.84. The third-order valence-electron chi connectivity index (χ3n) is 4.46. The molecule has 0 unspecified atom stereocenters. The molecular formula is C21H26N4O5S. The normalized spacial score (nSPS) is 13.9. The standard InChI is InChI=1S/C21H26N4O5S/c1-21(2,3)30-20(28)25-10-13(11-25)23-17(26)15-9-16(31-18(15)24-19(22)27)12-5-7-14(29-4)8-6-12/h5-9,13H,10-11H2,1-4H3,(H,23,26)(H3,22,24,27). The Hall–Kier alpha value is -3.27. The van der Waals surface area contributed by atoms with Crippen molar-refractivity contribution in [2.24, 2.45) is 5.73 Å². The van der Waals surface area contributed by atoms with Crippen LogP contribution in [0.25, 0.3) is 10.4 Å². The predicted molar refractivity (Wildman–Crippen MR) is 119 cm³/mol. The molecule has 1 saturated heterocycles. The van der Waals surface area contributed by atoms with E-state index in [4.69, 9.17) is 15.2 Å². The van der Waals surface area contributed by atoms with Crippen molar-refractivity contribution in [3.63, 3.8) is 0 Å². The molecule has 10 heteroatoms. The van der Waals surface area contributed by atoms with E-state index >= 15 is 0 Å². The molecule has 1 aromatic heterocycles. The van der Waals surface area contributed by atoms with Gasteiger partial charge in [0.1, 0.15) is 16.4 Å². The zero-order valence-electron chi connectivity index (χ0n) is 17.9. The average molecular weight is 447 g/mol. The lowest BCUT2D eigenvalue weighted by Crippen LogP contribution is -2.61. The highest BCUT2D eigenvalue weighted by Crippen LogP contribution is 2.36. The van der Waals surface area contributed by atoms with Gasteiger partial charge in [-0.3, -0.25) is 10.1 Å². The number of urea groups is 1. The Kier molecular flexibility index (Phi) is 6.40. The summed E-state index contributed by atoms with van der Waals surface area (Å²) in [6.07, 6.45) is -0.411. The SMILES string of the molecule is COc1ccc(-c2cc(C(=O)NC3CN(C(=O)OC(C)(C)C)C3)c(NC(N)=O)s2)cc1. The highest BCUT2D eigenvalue weighted by molar-refractivity contribution is 7.20. The molecule has 1 aliphatic rings. The number of nitrogens with two attached hydrogens (primary N) is 1. The van der Waals surface area contributed by atoms with Crippen LogP contribution in [0.4, 0.5) is 14.6 Å². The minimum atomic E-state index is -0.753. The molecular weight excluding hydrogens is 420 g/mol. The highest BCUT2D eigenvalue weighted by atomic mass is 32.1. The number of hydrogen-bond acceptors (Lipinski definition) is 6. The van der Waals surface area contributed by atoms with E-state index in [2.05, 4.69) is 10.6 Å². The molecule has 1 fully saturated rings. The zero-order valence-corrected chi connectivity index (χ0v) is 18.7. The second-order valence-electron chi connectivity index (χ2n) is 8.13. The smallest absolute Gasteiger partial charge is 0.410 e. The van der Waals surface area contributed by atoms with Crippen molar-refractivity contribution in [2.75, 3.05) is 25.5 Å². The third-order valence-corrected chi connectivity index (χ3v) is 5.56. The number of thiophene rings is 1. The van der Waals surface area contributed by atoms with Gasteiger partial charge in [0.25, 0.3) is 5.91 Å². The summed E-state index contributed by atoms with van der Waals surface area (Å²) in [4.78, 5) is 38.6. The van der Waals surface area contributed by atoms with Gasteiger partial charge in [0.05, 0.1) is 18.7 Å². The number of methoxy groups -OCH3 is 1. The second-order valence-corrected chi connectivity index (χ2v) is 9.18. The lowest BCUT2D eigenvalue weighted by molar-refractivity contribution is 0.00533. The summed E-state index contributed by atoms with van der Waals surface area (Å²) in [7, 11) is 1.59. The first kappa shape index (κ1) is 22.4. The van der Waals surface area contributed by atoms with Gasteiger partial charge in [0, 0.05) is 18.0 Å². The number of rotatable bonds is 5. The zero-order chi connectivity index (χ0) is 22.8. The first-order chi connectivity index (χ1) is 14.6. The Morgan fingerprint density at radius 1 is 1.16 bits per heavy atom. The van der Waals surface area contributed by atoms with E-state index in [1.807, 2.05) is 24.3 Å². The molecule has 2 aromatic rings. The maximum absolute atomic E-state index is 12.8. The molecule has 31 heavy (non-hydrogen) atoms. The highest BCUT2D eigenvalue weighted by Gasteiger charge is 2.35. The molecule has 9 nitrogen and oxygen atoms in total. The van der Waals surface area contributed by atoms with Crippen molar-refractivity contribution in [1.29, 1.82) is 0 Å². The molecule has 2 heterocycles. The van der Waals surface area contributed by atoms with Gasteiger partial charge in [-0.05, 0) is 56.7 Å². The summed E-state index contributed by atoms with van der Waals surface area (Å²) >= 11 is 1.25. The van der Waals surface area contributed by atoms with Crippen LogP contribution in [0.3, 0.4) is 0 Å². The lowest BCUT2D eigenvalue weighted by atomic mass is 10.1. The van der Waals surface area contributed by atoms with E-state index in [1.165, 1.54) is 16.2 Å². The van der Waals surface area contributed by atoms with E-state index in [0.717, 1.165) is 10.4 Å². The van der Waals surface area contributed by atoms with E-state index < -0.39 is 17.7 Å².